The highest BCUT2D eigenvalue weighted by Crippen LogP contribution is 2.19. The standard InChI is InChI=1S/C16H17NO4S/c18-16(19)11-14(13-7-3-1-4-8-13)12-17-22(20,21)15-9-5-2-6-10-15/h1-10,14,17H,11-12H2,(H,18,19)/p-1/t14-/m0/s1. The number of sulfonamides is 1. The Kier molecular flexibility index (Phi) is 5.30. The lowest BCUT2D eigenvalue weighted by molar-refractivity contribution is -0.306. The van der Waals surface area contributed by atoms with Crippen molar-refractivity contribution in [2.45, 2.75) is 17.2 Å². The number of benzene rings is 2. The summed E-state index contributed by atoms with van der Waals surface area (Å²) in [5.41, 5.74) is 0.752. The summed E-state index contributed by atoms with van der Waals surface area (Å²) in [6, 6.07) is 16.9. The van der Waals surface area contributed by atoms with Crippen LogP contribution in [0.2, 0.25) is 0 Å². The maximum absolute atomic E-state index is 12.2. The third kappa shape index (κ3) is 4.41. The first-order valence-electron chi connectivity index (χ1n) is 6.78. The zero-order valence-corrected chi connectivity index (χ0v) is 12.6. The fourth-order valence-corrected chi connectivity index (χ4v) is 3.23. The zero-order valence-electron chi connectivity index (χ0n) is 11.8. The summed E-state index contributed by atoms with van der Waals surface area (Å²) in [6.07, 6.45) is -0.249. The van der Waals surface area contributed by atoms with Gasteiger partial charge in [-0.1, -0.05) is 48.5 Å². The maximum atomic E-state index is 12.2. The number of aliphatic carboxylic acids is 1. The SMILES string of the molecule is O=C([O-])C[C@@H](CNS(=O)(=O)c1ccccc1)c1ccccc1. The Morgan fingerprint density at radius 2 is 1.55 bits per heavy atom. The van der Waals surface area contributed by atoms with Crippen molar-refractivity contribution in [1.82, 2.24) is 4.72 Å². The molecule has 5 nitrogen and oxygen atoms in total. The number of carboxylic acids is 1. The number of carbonyl (C=O) groups is 1. The van der Waals surface area contributed by atoms with Gasteiger partial charge in [-0.15, -0.1) is 0 Å². The van der Waals surface area contributed by atoms with E-state index in [9.17, 15) is 18.3 Å². The first-order chi connectivity index (χ1) is 10.5. The molecule has 0 fully saturated rings. The van der Waals surface area contributed by atoms with Crippen LogP contribution in [-0.2, 0) is 14.8 Å². The second kappa shape index (κ2) is 7.20. The molecule has 0 bridgehead atoms. The summed E-state index contributed by atoms with van der Waals surface area (Å²) < 4.78 is 26.8. The van der Waals surface area contributed by atoms with Crippen LogP contribution in [0.25, 0.3) is 0 Å². The minimum absolute atomic E-state index is 0.00474. The third-order valence-electron chi connectivity index (χ3n) is 3.26. The molecule has 2 aromatic rings. The molecular formula is C16H16NO4S-. The highest BCUT2D eigenvalue weighted by molar-refractivity contribution is 7.89. The summed E-state index contributed by atoms with van der Waals surface area (Å²) in [6.45, 7) is -0.00474. The van der Waals surface area contributed by atoms with Crippen LogP contribution < -0.4 is 9.83 Å². The van der Waals surface area contributed by atoms with Crippen LogP contribution in [0.4, 0.5) is 0 Å². The first kappa shape index (κ1) is 16.2. The second-order valence-corrected chi connectivity index (χ2v) is 6.62. The van der Waals surface area contributed by atoms with E-state index in [4.69, 9.17) is 0 Å². The van der Waals surface area contributed by atoms with Crippen molar-refractivity contribution in [2.24, 2.45) is 0 Å². The van der Waals surface area contributed by atoms with Gasteiger partial charge in [0.25, 0.3) is 0 Å². The average Bonchev–Trinajstić information content (AvgIpc) is 2.53. The van der Waals surface area contributed by atoms with Gasteiger partial charge >= 0.3 is 0 Å². The summed E-state index contributed by atoms with van der Waals surface area (Å²) in [7, 11) is -3.66. The van der Waals surface area contributed by atoms with Gasteiger partial charge in [0.1, 0.15) is 0 Å². The number of nitrogens with one attached hydrogen (secondary N) is 1. The molecule has 2 aromatic carbocycles. The molecule has 0 spiro atoms. The molecule has 0 aliphatic heterocycles. The molecule has 0 aliphatic rings. The largest absolute Gasteiger partial charge is 0.550 e. The van der Waals surface area contributed by atoms with Crippen LogP contribution in [0.1, 0.15) is 17.9 Å². The lowest BCUT2D eigenvalue weighted by Gasteiger charge is -2.18. The van der Waals surface area contributed by atoms with Gasteiger partial charge < -0.3 is 9.90 Å². The van der Waals surface area contributed by atoms with Gasteiger partial charge in [0.15, 0.2) is 0 Å². The van der Waals surface area contributed by atoms with E-state index >= 15 is 0 Å². The van der Waals surface area contributed by atoms with E-state index in [1.165, 1.54) is 12.1 Å². The van der Waals surface area contributed by atoms with Gasteiger partial charge in [-0.3, -0.25) is 0 Å². The van der Waals surface area contributed by atoms with Crippen molar-refractivity contribution in [3.05, 3.63) is 66.2 Å². The normalized spacial score (nSPS) is 12.7. The van der Waals surface area contributed by atoms with Gasteiger partial charge in [-0.25, -0.2) is 13.1 Å². The molecule has 116 valence electrons. The van der Waals surface area contributed by atoms with E-state index in [2.05, 4.69) is 4.72 Å². The average molecular weight is 318 g/mol. The molecular weight excluding hydrogens is 302 g/mol. The summed E-state index contributed by atoms with van der Waals surface area (Å²) in [5.74, 6) is -1.70. The molecule has 6 heteroatoms. The van der Waals surface area contributed by atoms with Crippen LogP contribution in [0.5, 0.6) is 0 Å². The molecule has 1 atom stereocenters. The summed E-state index contributed by atoms with van der Waals surface area (Å²) >= 11 is 0. The Morgan fingerprint density at radius 1 is 1.00 bits per heavy atom. The molecule has 0 saturated carbocycles. The predicted molar refractivity (Wildman–Crippen MR) is 80.4 cm³/mol. The van der Waals surface area contributed by atoms with Crippen LogP contribution >= 0.6 is 0 Å². The minimum Gasteiger partial charge on any atom is -0.550 e. The van der Waals surface area contributed by atoms with E-state index in [0.29, 0.717) is 0 Å². The Hall–Kier alpha value is -2.18. The van der Waals surface area contributed by atoms with Crippen LogP contribution in [0.3, 0.4) is 0 Å². The van der Waals surface area contributed by atoms with Crippen molar-refractivity contribution >= 4 is 16.0 Å². The van der Waals surface area contributed by atoms with Crippen molar-refractivity contribution < 1.29 is 18.3 Å². The fourth-order valence-electron chi connectivity index (χ4n) is 2.13. The minimum atomic E-state index is -3.66. The smallest absolute Gasteiger partial charge is 0.240 e. The maximum Gasteiger partial charge on any atom is 0.240 e. The zero-order chi connectivity index (χ0) is 16.0. The van der Waals surface area contributed by atoms with Gasteiger partial charge in [-0.2, -0.15) is 0 Å². The molecule has 0 saturated heterocycles. The van der Waals surface area contributed by atoms with Crippen LogP contribution in [-0.4, -0.2) is 20.9 Å². The Morgan fingerprint density at radius 3 is 2.09 bits per heavy atom. The molecule has 0 amide bonds. The van der Waals surface area contributed by atoms with Gasteiger partial charge in [0.2, 0.25) is 10.0 Å². The van der Waals surface area contributed by atoms with Crippen LogP contribution in [0, 0.1) is 0 Å². The molecule has 0 aromatic heterocycles. The highest BCUT2D eigenvalue weighted by atomic mass is 32.2. The predicted octanol–water partition coefficient (Wildman–Crippen LogP) is 0.889. The van der Waals surface area contributed by atoms with E-state index in [0.717, 1.165) is 5.56 Å². The lowest BCUT2D eigenvalue weighted by atomic mass is 9.96. The third-order valence-corrected chi connectivity index (χ3v) is 4.70. The lowest BCUT2D eigenvalue weighted by Crippen LogP contribution is -2.32. The van der Waals surface area contributed by atoms with E-state index in [1.807, 2.05) is 6.07 Å². The van der Waals surface area contributed by atoms with Gasteiger partial charge in [0, 0.05) is 18.4 Å². The number of hydrogen-bond acceptors (Lipinski definition) is 4. The number of carbonyl (C=O) groups excluding carboxylic acids is 1. The number of rotatable bonds is 7. The number of carboxylic acid groups (broad SMARTS) is 1. The Balaban J connectivity index is 2.13. The van der Waals surface area contributed by atoms with Crippen molar-refractivity contribution in [1.29, 1.82) is 0 Å². The van der Waals surface area contributed by atoms with Gasteiger partial charge in [0.05, 0.1) is 4.90 Å². The molecule has 2 rings (SSSR count). The Bertz CT molecular complexity index is 714. The molecule has 22 heavy (non-hydrogen) atoms. The molecule has 0 unspecified atom stereocenters. The van der Waals surface area contributed by atoms with Gasteiger partial charge in [-0.05, 0) is 24.1 Å². The molecule has 0 heterocycles. The monoisotopic (exact) mass is 318 g/mol. The van der Waals surface area contributed by atoms with E-state index in [1.54, 1.807) is 42.5 Å². The Labute approximate surface area is 129 Å². The van der Waals surface area contributed by atoms with Crippen LogP contribution in [0.15, 0.2) is 65.6 Å². The molecule has 0 radical (unpaired) electrons. The van der Waals surface area contributed by atoms with Crippen molar-refractivity contribution in [3.63, 3.8) is 0 Å². The van der Waals surface area contributed by atoms with E-state index in [-0.39, 0.29) is 17.9 Å². The highest BCUT2D eigenvalue weighted by Gasteiger charge is 2.18. The van der Waals surface area contributed by atoms with E-state index < -0.39 is 21.9 Å². The topological polar surface area (TPSA) is 86.3 Å². The summed E-state index contributed by atoms with van der Waals surface area (Å²) in [4.78, 5) is 11.0. The number of hydrogen-bond donors (Lipinski definition) is 1. The fraction of sp³-hybridized carbons (Fsp3) is 0.188. The molecule has 0 aliphatic carbocycles. The quantitative estimate of drug-likeness (QED) is 0.821. The first-order valence-corrected chi connectivity index (χ1v) is 8.27. The molecule has 1 N–H and O–H groups in total. The van der Waals surface area contributed by atoms with Crippen molar-refractivity contribution in [2.75, 3.05) is 6.54 Å². The summed E-state index contributed by atoms with van der Waals surface area (Å²) in [5, 5.41) is 10.9. The van der Waals surface area contributed by atoms with Crippen molar-refractivity contribution in [3.8, 4) is 0 Å². The second-order valence-electron chi connectivity index (χ2n) is 4.85.